The summed E-state index contributed by atoms with van der Waals surface area (Å²) < 4.78 is 10.6. The first kappa shape index (κ1) is 13.5. The average Bonchev–Trinajstić information content (AvgIpc) is 2.89. The van der Waals surface area contributed by atoms with Crippen LogP contribution in [0.25, 0.3) is 22.4 Å². The molecule has 2 N–H and O–H groups in total. The molecule has 0 atom stereocenters. The van der Waals surface area contributed by atoms with Crippen molar-refractivity contribution in [3.63, 3.8) is 0 Å². The molecule has 3 aromatic rings. The van der Waals surface area contributed by atoms with Crippen molar-refractivity contribution in [1.29, 1.82) is 0 Å². The molecule has 1 aromatic heterocycles. The van der Waals surface area contributed by atoms with E-state index in [4.69, 9.17) is 26.6 Å². The summed E-state index contributed by atoms with van der Waals surface area (Å²) in [5, 5.41) is 4.64. The van der Waals surface area contributed by atoms with Gasteiger partial charge in [0.2, 0.25) is 5.88 Å². The van der Waals surface area contributed by atoms with Gasteiger partial charge in [-0.25, -0.2) is 0 Å². The minimum absolute atomic E-state index is 0.231. The standard InChI is InChI=1S/C16H13ClN2O2/c1-20-13-9-5-3-7-11(13)14-15(19-21-16(14)18)10-6-2-4-8-12(10)17/h2-9H,18H2,1H3. The molecule has 21 heavy (non-hydrogen) atoms. The molecule has 0 aliphatic heterocycles. The maximum atomic E-state index is 6.25. The fourth-order valence-corrected chi connectivity index (χ4v) is 2.48. The molecule has 0 spiro atoms. The number of hydrogen-bond acceptors (Lipinski definition) is 4. The Morgan fingerprint density at radius 2 is 1.71 bits per heavy atom. The van der Waals surface area contributed by atoms with Crippen LogP contribution in [-0.4, -0.2) is 12.3 Å². The Bertz CT molecular complexity index is 783. The van der Waals surface area contributed by atoms with Gasteiger partial charge >= 0.3 is 0 Å². The molecule has 3 rings (SSSR count). The number of nitrogen functional groups attached to an aromatic ring is 1. The Labute approximate surface area is 127 Å². The van der Waals surface area contributed by atoms with Crippen LogP contribution in [0.15, 0.2) is 53.1 Å². The number of aromatic nitrogens is 1. The number of benzene rings is 2. The molecule has 0 aliphatic rings. The van der Waals surface area contributed by atoms with E-state index in [0.29, 0.717) is 22.0 Å². The minimum Gasteiger partial charge on any atom is -0.496 e. The smallest absolute Gasteiger partial charge is 0.230 e. The van der Waals surface area contributed by atoms with Crippen molar-refractivity contribution in [2.24, 2.45) is 0 Å². The topological polar surface area (TPSA) is 61.3 Å². The summed E-state index contributed by atoms with van der Waals surface area (Å²) in [6, 6.07) is 15.0. The quantitative estimate of drug-likeness (QED) is 0.785. The van der Waals surface area contributed by atoms with Crippen molar-refractivity contribution in [3.05, 3.63) is 53.6 Å². The van der Waals surface area contributed by atoms with Crippen LogP contribution in [0, 0.1) is 0 Å². The van der Waals surface area contributed by atoms with Crippen LogP contribution >= 0.6 is 11.6 Å². The molecule has 5 heteroatoms. The van der Waals surface area contributed by atoms with Crippen LogP contribution in [0.2, 0.25) is 5.02 Å². The number of nitrogens with two attached hydrogens (primary N) is 1. The Hall–Kier alpha value is -2.46. The first-order valence-electron chi connectivity index (χ1n) is 6.36. The van der Waals surface area contributed by atoms with Gasteiger partial charge in [-0.3, -0.25) is 0 Å². The van der Waals surface area contributed by atoms with E-state index < -0.39 is 0 Å². The fraction of sp³-hybridized carbons (Fsp3) is 0.0625. The largest absolute Gasteiger partial charge is 0.496 e. The number of para-hydroxylation sites is 1. The maximum absolute atomic E-state index is 6.25. The zero-order valence-corrected chi connectivity index (χ0v) is 12.1. The van der Waals surface area contributed by atoms with Gasteiger partial charge in [0.05, 0.1) is 17.7 Å². The van der Waals surface area contributed by atoms with E-state index >= 15 is 0 Å². The minimum atomic E-state index is 0.231. The number of ether oxygens (including phenoxy) is 1. The monoisotopic (exact) mass is 300 g/mol. The van der Waals surface area contributed by atoms with Crippen LogP contribution in [0.5, 0.6) is 5.75 Å². The second-order valence-electron chi connectivity index (χ2n) is 4.45. The Morgan fingerprint density at radius 3 is 2.43 bits per heavy atom. The highest BCUT2D eigenvalue weighted by Crippen LogP contribution is 2.42. The predicted octanol–water partition coefficient (Wildman–Crippen LogP) is 4.25. The zero-order valence-electron chi connectivity index (χ0n) is 11.3. The van der Waals surface area contributed by atoms with E-state index in [0.717, 1.165) is 11.1 Å². The first-order valence-corrected chi connectivity index (χ1v) is 6.73. The van der Waals surface area contributed by atoms with E-state index in [9.17, 15) is 0 Å². The number of nitrogens with zero attached hydrogens (tertiary/aromatic N) is 1. The zero-order chi connectivity index (χ0) is 14.8. The molecule has 4 nitrogen and oxygen atoms in total. The van der Waals surface area contributed by atoms with Gasteiger partial charge in [-0.15, -0.1) is 0 Å². The molecule has 2 aromatic carbocycles. The number of halogens is 1. The van der Waals surface area contributed by atoms with Crippen molar-refractivity contribution in [2.75, 3.05) is 12.8 Å². The molecular formula is C16H13ClN2O2. The lowest BCUT2D eigenvalue weighted by Gasteiger charge is -2.09. The van der Waals surface area contributed by atoms with Crippen LogP contribution in [0.3, 0.4) is 0 Å². The van der Waals surface area contributed by atoms with Gasteiger partial charge < -0.3 is 15.0 Å². The summed E-state index contributed by atoms with van der Waals surface area (Å²) in [5.74, 6) is 0.926. The van der Waals surface area contributed by atoms with E-state index in [1.807, 2.05) is 42.5 Å². The molecule has 0 unspecified atom stereocenters. The lowest BCUT2D eigenvalue weighted by atomic mass is 10.00. The summed E-state index contributed by atoms with van der Waals surface area (Å²) in [5.41, 5.74) is 8.82. The van der Waals surface area contributed by atoms with Crippen LogP contribution in [0.1, 0.15) is 0 Å². The summed E-state index contributed by atoms with van der Waals surface area (Å²) in [4.78, 5) is 0. The third kappa shape index (κ3) is 2.34. The van der Waals surface area contributed by atoms with Gasteiger partial charge in [0.1, 0.15) is 11.4 Å². The van der Waals surface area contributed by atoms with Crippen LogP contribution < -0.4 is 10.5 Å². The summed E-state index contributed by atoms with van der Waals surface area (Å²) >= 11 is 6.25. The second kappa shape index (κ2) is 5.50. The highest BCUT2D eigenvalue weighted by atomic mass is 35.5. The van der Waals surface area contributed by atoms with Gasteiger partial charge in [-0.05, 0) is 12.1 Å². The normalized spacial score (nSPS) is 10.6. The molecule has 106 valence electrons. The van der Waals surface area contributed by atoms with E-state index in [2.05, 4.69) is 5.16 Å². The molecule has 0 amide bonds. The van der Waals surface area contributed by atoms with Gasteiger partial charge in [0.15, 0.2) is 0 Å². The van der Waals surface area contributed by atoms with Crippen molar-refractivity contribution in [3.8, 4) is 28.1 Å². The van der Waals surface area contributed by atoms with Crippen molar-refractivity contribution in [2.45, 2.75) is 0 Å². The summed E-state index contributed by atoms with van der Waals surface area (Å²) in [6.45, 7) is 0. The molecule has 0 fully saturated rings. The number of hydrogen-bond donors (Lipinski definition) is 1. The number of anilines is 1. The molecular weight excluding hydrogens is 288 g/mol. The Morgan fingerprint density at radius 1 is 1.05 bits per heavy atom. The third-order valence-electron chi connectivity index (χ3n) is 3.22. The van der Waals surface area contributed by atoms with E-state index in [-0.39, 0.29) is 5.88 Å². The summed E-state index contributed by atoms with van der Waals surface area (Å²) in [6.07, 6.45) is 0. The SMILES string of the molecule is COc1ccccc1-c1c(-c2ccccc2Cl)noc1N. The van der Waals surface area contributed by atoms with Gasteiger partial charge in [-0.1, -0.05) is 53.2 Å². The van der Waals surface area contributed by atoms with Gasteiger partial charge in [0, 0.05) is 11.1 Å². The molecule has 0 saturated heterocycles. The Balaban J connectivity index is 2.25. The lowest BCUT2D eigenvalue weighted by molar-refractivity contribution is 0.416. The van der Waals surface area contributed by atoms with Crippen molar-refractivity contribution in [1.82, 2.24) is 5.16 Å². The molecule has 1 heterocycles. The van der Waals surface area contributed by atoms with Crippen LogP contribution in [0.4, 0.5) is 5.88 Å². The average molecular weight is 301 g/mol. The predicted molar refractivity (Wildman–Crippen MR) is 83.3 cm³/mol. The molecule has 0 radical (unpaired) electrons. The van der Waals surface area contributed by atoms with Gasteiger partial charge in [0.25, 0.3) is 0 Å². The lowest BCUT2D eigenvalue weighted by Crippen LogP contribution is -1.92. The van der Waals surface area contributed by atoms with E-state index in [1.54, 1.807) is 13.2 Å². The molecule has 0 aliphatic carbocycles. The summed E-state index contributed by atoms with van der Waals surface area (Å²) in [7, 11) is 1.61. The van der Waals surface area contributed by atoms with Crippen molar-refractivity contribution < 1.29 is 9.26 Å². The van der Waals surface area contributed by atoms with Crippen molar-refractivity contribution >= 4 is 17.5 Å². The van der Waals surface area contributed by atoms with Crippen LogP contribution in [-0.2, 0) is 0 Å². The molecule has 0 bridgehead atoms. The fourth-order valence-electron chi connectivity index (χ4n) is 2.25. The second-order valence-corrected chi connectivity index (χ2v) is 4.86. The molecule has 0 saturated carbocycles. The first-order chi connectivity index (χ1) is 10.2. The Kier molecular flexibility index (Phi) is 3.54. The third-order valence-corrected chi connectivity index (χ3v) is 3.55. The maximum Gasteiger partial charge on any atom is 0.230 e. The van der Waals surface area contributed by atoms with Gasteiger partial charge in [-0.2, -0.15) is 0 Å². The highest BCUT2D eigenvalue weighted by Gasteiger charge is 2.21. The highest BCUT2D eigenvalue weighted by molar-refractivity contribution is 6.33. The number of rotatable bonds is 3. The van der Waals surface area contributed by atoms with E-state index in [1.165, 1.54) is 0 Å². The number of methoxy groups -OCH3 is 1.